The van der Waals surface area contributed by atoms with Crippen molar-refractivity contribution in [1.29, 1.82) is 0 Å². The van der Waals surface area contributed by atoms with Gasteiger partial charge in [-0.2, -0.15) is 0 Å². The molecule has 1 aliphatic rings. The zero-order valence-corrected chi connectivity index (χ0v) is 12.8. The molecule has 3 rings (SSSR count). The second-order valence-corrected chi connectivity index (χ2v) is 5.31. The van der Waals surface area contributed by atoms with Crippen molar-refractivity contribution >= 4 is 12.2 Å². The zero-order valence-electron chi connectivity index (χ0n) is 12.8. The van der Waals surface area contributed by atoms with E-state index in [-0.39, 0.29) is 0 Å². The summed E-state index contributed by atoms with van der Waals surface area (Å²) in [4.78, 5) is 13.6. The lowest BCUT2D eigenvalue weighted by Gasteiger charge is -2.22. The van der Waals surface area contributed by atoms with Gasteiger partial charge in [-0.05, 0) is 24.6 Å². The van der Waals surface area contributed by atoms with E-state index >= 15 is 0 Å². The number of nitrogens with one attached hydrogen (secondary N) is 1. The molecule has 0 spiro atoms. The average Bonchev–Trinajstić information content (AvgIpc) is 3.02. The van der Waals surface area contributed by atoms with Gasteiger partial charge >= 0.3 is 0 Å². The van der Waals surface area contributed by atoms with E-state index in [2.05, 4.69) is 15.0 Å². The van der Waals surface area contributed by atoms with Gasteiger partial charge in [0.2, 0.25) is 0 Å². The SMILES string of the molecule is Nc1cnccc1C1(O)CCNC1.O=COCc1ccccc1. The monoisotopic (exact) mass is 315 g/mol. The first-order valence-electron chi connectivity index (χ1n) is 7.38. The predicted octanol–water partition coefficient (Wildman–Crippen LogP) is 1.20. The first kappa shape index (κ1) is 16.9. The van der Waals surface area contributed by atoms with Crippen molar-refractivity contribution in [2.75, 3.05) is 18.8 Å². The van der Waals surface area contributed by atoms with Gasteiger partial charge in [-0.25, -0.2) is 0 Å². The molecule has 23 heavy (non-hydrogen) atoms. The van der Waals surface area contributed by atoms with Crippen LogP contribution in [0.4, 0.5) is 5.69 Å². The van der Waals surface area contributed by atoms with E-state index in [9.17, 15) is 9.90 Å². The molecular weight excluding hydrogens is 294 g/mol. The number of pyridine rings is 1. The third-order valence-corrected chi connectivity index (χ3v) is 3.65. The van der Waals surface area contributed by atoms with Crippen molar-refractivity contribution < 1.29 is 14.6 Å². The number of hydrogen-bond acceptors (Lipinski definition) is 6. The highest BCUT2D eigenvalue weighted by atomic mass is 16.5. The molecule has 1 aliphatic heterocycles. The maximum atomic E-state index is 10.2. The van der Waals surface area contributed by atoms with E-state index in [0.717, 1.165) is 17.7 Å². The van der Waals surface area contributed by atoms with Crippen LogP contribution >= 0.6 is 0 Å². The van der Waals surface area contributed by atoms with E-state index in [1.54, 1.807) is 18.5 Å². The first-order chi connectivity index (χ1) is 11.2. The summed E-state index contributed by atoms with van der Waals surface area (Å²) in [6.45, 7) is 2.22. The van der Waals surface area contributed by atoms with Crippen LogP contribution in [0.1, 0.15) is 17.5 Å². The number of hydrogen-bond donors (Lipinski definition) is 3. The summed E-state index contributed by atoms with van der Waals surface area (Å²) in [5.41, 5.74) is 7.29. The summed E-state index contributed by atoms with van der Waals surface area (Å²) >= 11 is 0. The summed E-state index contributed by atoms with van der Waals surface area (Å²) in [5.74, 6) is 0. The summed E-state index contributed by atoms with van der Waals surface area (Å²) < 4.78 is 4.54. The van der Waals surface area contributed by atoms with Gasteiger partial charge in [0.15, 0.2) is 0 Å². The minimum absolute atomic E-state index is 0.365. The normalized spacial score (nSPS) is 19.5. The van der Waals surface area contributed by atoms with E-state index in [4.69, 9.17) is 5.73 Å². The van der Waals surface area contributed by atoms with Gasteiger partial charge < -0.3 is 20.9 Å². The maximum absolute atomic E-state index is 10.2. The molecule has 2 aromatic rings. The second kappa shape index (κ2) is 8.26. The molecule has 1 aromatic carbocycles. The number of carbonyl (C=O) groups excluding carboxylic acids is 1. The van der Waals surface area contributed by atoms with Gasteiger partial charge in [0.1, 0.15) is 12.2 Å². The molecule has 0 radical (unpaired) electrons. The molecular formula is C17H21N3O3. The number of nitrogens with two attached hydrogens (primary N) is 1. The smallest absolute Gasteiger partial charge is 0.293 e. The predicted molar refractivity (Wildman–Crippen MR) is 87.3 cm³/mol. The largest absolute Gasteiger partial charge is 0.463 e. The highest BCUT2D eigenvalue weighted by molar-refractivity contribution is 5.48. The molecule has 4 N–H and O–H groups in total. The van der Waals surface area contributed by atoms with Crippen molar-refractivity contribution in [3.05, 3.63) is 59.9 Å². The van der Waals surface area contributed by atoms with Gasteiger partial charge in [0, 0.05) is 18.3 Å². The number of aliphatic hydroxyl groups is 1. The van der Waals surface area contributed by atoms with Crippen LogP contribution in [-0.2, 0) is 21.7 Å². The van der Waals surface area contributed by atoms with Crippen molar-refractivity contribution in [2.45, 2.75) is 18.6 Å². The Morgan fingerprint density at radius 2 is 2.13 bits per heavy atom. The van der Waals surface area contributed by atoms with Gasteiger partial charge in [0.05, 0.1) is 11.9 Å². The summed E-state index contributed by atoms with van der Waals surface area (Å²) in [6.07, 6.45) is 3.94. The molecule has 1 fully saturated rings. The fourth-order valence-electron chi connectivity index (χ4n) is 2.44. The van der Waals surface area contributed by atoms with Gasteiger partial charge in [0.25, 0.3) is 6.47 Å². The summed E-state index contributed by atoms with van der Waals surface area (Å²) in [5, 5.41) is 13.3. The lowest BCUT2D eigenvalue weighted by molar-refractivity contribution is -0.129. The minimum atomic E-state index is -0.799. The number of β-amino-alcohol motifs (C(OH)–C–C–N with tert-alkyl or cyclic N) is 1. The number of nitrogens with zero attached hydrogens (tertiary/aromatic N) is 1. The van der Waals surface area contributed by atoms with E-state index in [1.165, 1.54) is 0 Å². The number of anilines is 1. The van der Waals surface area contributed by atoms with Gasteiger partial charge in [-0.15, -0.1) is 0 Å². The van der Waals surface area contributed by atoms with E-state index < -0.39 is 5.60 Å². The molecule has 122 valence electrons. The quantitative estimate of drug-likeness (QED) is 0.734. The topological polar surface area (TPSA) is 97.5 Å². The van der Waals surface area contributed by atoms with Gasteiger partial charge in [-0.1, -0.05) is 30.3 Å². The fourth-order valence-corrected chi connectivity index (χ4v) is 2.44. The van der Waals surface area contributed by atoms with E-state index in [1.807, 2.05) is 30.3 Å². The van der Waals surface area contributed by atoms with Crippen molar-refractivity contribution in [2.24, 2.45) is 0 Å². The molecule has 6 heteroatoms. The molecule has 0 bridgehead atoms. The number of ether oxygens (including phenoxy) is 1. The molecule has 0 saturated carbocycles. The Morgan fingerprint density at radius 1 is 1.35 bits per heavy atom. The van der Waals surface area contributed by atoms with Crippen LogP contribution in [-0.4, -0.2) is 29.7 Å². The molecule has 1 unspecified atom stereocenters. The molecule has 0 amide bonds. The average molecular weight is 315 g/mol. The maximum Gasteiger partial charge on any atom is 0.293 e. The Labute approximate surface area is 135 Å². The summed E-state index contributed by atoms with van der Waals surface area (Å²) in [6, 6.07) is 11.3. The molecule has 1 atom stereocenters. The number of benzene rings is 1. The highest BCUT2D eigenvalue weighted by Crippen LogP contribution is 2.30. The Balaban J connectivity index is 0.000000174. The van der Waals surface area contributed by atoms with Crippen LogP contribution in [0.2, 0.25) is 0 Å². The minimum Gasteiger partial charge on any atom is -0.463 e. The van der Waals surface area contributed by atoms with Crippen molar-refractivity contribution in [1.82, 2.24) is 10.3 Å². The molecule has 1 aromatic heterocycles. The van der Waals surface area contributed by atoms with E-state index in [0.29, 0.717) is 31.7 Å². The van der Waals surface area contributed by atoms with Crippen molar-refractivity contribution in [3.8, 4) is 0 Å². The number of nitrogen functional groups attached to an aromatic ring is 1. The summed E-state index contributed by atoms with van der Waals surface area (Å²) in [7, 11) is 0. The number of rotatable bonds is 4. The van der Waals surface area contributed by atoms with Crippen LogP contribution in [0.3, 0.4) is 0 Å². The van der Waals surface area contributed by atoms with Crippen LogP contribution in [0.15, 0.2) is 48.8 Å². The third kappa shape index (κ3) is 4.77. The fraction of sp³-hybridized carbons (Fsp3) is 0.294. The lowest BCUT2D eigenvalue weighted by Crippen LogP contribution is -2.29. The first-order valence-corrected chi connectivity index (χ1v) is 7.38. The third-order valence-electron chi connectivity index (χ3n) is 3.65. The van der Waals surface area contributed by atoms with Crippen LogP contribution in [0.25, 0.3) is 0 Å². The number of aromatic nitrogens is 1. The van der Waals surface area contributed by atoms with Crippen LogP contribution in [0.5, 0.6) is 0 Å². The Bertz CT molecular complexity index is 613. The Hall–Kier alpha value is -2.44. The standard InChI is InChI=1S/C9H13N3O.C8H8O2/c10-8-5-11-3-1-7(8)9(13)2-4-12-6-9;9-7-10-6-8-4-2-1-3-5-8/h1,3,5,12-13H,2,4,6,10H2;1-5,7H,6H2. The lowest BCUT2D eigenvalue weighted by atomic mass is 9.93. The number of carbonyl (C=O) groups is 1. The second-order valence-electron chi connectivity index (χ2n) is 5.31. The Morgan fingerprint density at radius 3 is 2.74 bits per heavy atom. The van der Waals surface area contributed by atoms with Crippen molar-refractivity contribution in [3.63, 3.8) is 0 Å². The molecule has 1 saturated heterocycles. The zero-order chi connectivity index (χ0) is 16.5. The molecule has 6 nitrogen and oxygen atoms in total. The molecule has 2 heterocycles. The van der Waals surface area contributed by atoms with Crippen LogP contribution < -0.4 is 11.1 Å². The molecule has 0 aliphatic carbocycles. The Kier molecular flexibility index (Phi) is 6.08. The highest BCUT2D eigenvalue weighted by Gasteiger charge is 2.34. The van der Waals surface area contributed by atoms with Gasteiger partial charge in [-0.3, -0.25) is 9.78 Å². The van der Waals surface area contributed by atoms with Crippen LogP contribution in [0, 0.1) is 0 Å².